The van der Waals surface area contributed by atoms with Gasteiger partial charge in [-0.1, -0.05) is 26.2 Å². The number of aliphatic hydroxyl groups excluding tert-OH is 1. The number of aliphatic hydroxyl groups is 1. The Balaban J connectivity index is 1.81. The van der Waals surface area contributed by atoms with Gasteiger partial charge in [0.25, 0.3) is 0 Å². The molecule has 0 aromatic rings. The minimum atomic E-state index is -0.0908. The molecule has 0 aromatic carbocycles. The highest BCUT2D eigenvalue weighted by molar-refractivity contribution is 7.99. The van der Waals surface area contributed by atoms with E-state index in [2.05, 4.69) is 6.92 Å². The van der Waals surface area contributed by atoms with Crippen LogP contribution in [0.2, 0.25) is 0 Å². The van der Waals surface area contributed by atoms with Crippen LogP contribution in [0, 0.1) is 5.92 Å². The summed E-state index contributed by atoms with van der Waals surface area (Å²) in [7, 11) is 0. The van der Waals surface area contributed by atoms with Gasteiger partial charge in [-0.05, 0) is 49.5 Å². The fourth-order valence-corrected chi connectivity index (χ4v) is 4.56. The second-order valence-corrected chi connectivity index (χ2v) is 7.18. The zero-order valence-electron chi connectivity index (χ0n) is 11.7. The van der Waals surface area contributed by atoms with Crippen LogP contribution in [0.5, 0.6) is 0 Å². The van der Waals surface area contributed by atoms with Crippen LogP contribution in [-0.4, -0.2) is 34.9 Å². The molecule has 2 heterocycles. The summed E-state index contributed by atoms with van der Waals surface area (Å²) in [6.45, 7) is 3.08. The third-order valence-corrected chi connectivity index (χ3v) is 5.57. The van der Waals surface area contributed by atoms with E-state index in [1.165, 1.54) is 43.6 Å². The second kappa shape index (κ2) is 7.16. The van der Waals surface area contributed by atoms with Gasteiger partial charge in [-0.15, -0.1) is 0 Å². The topological polar surface area (TPSA) is 29.5 Å². The maximum absolute atomic E-state index is 10.4. The average Bonchev–Trinajstić information content (AvgIpc) is 2.40. The molecule has 2 saturated heterocycles. The van der Waals surface area contributed by atoms with Gasteiger partial charge in [0.15, 0.2) is 0 Å². The molecule has 2 aliphatic rings. The Hall–Kier alpha value is 0.270. The Labute approximate surface area is 116 Å². The van der Waals surface area contributed by atoms with E-state index < -0.39 is 0 Å². The van der Waals surface area contributed by atoms with Crippen molar-refractivity contribution < 1.29 is 9.84 Å². The van der Waals surface area contributed by atoms with Gasteiger partial charge in [0, 0.05) is 6.61 Å². The van der Waals surface area contributed by atoms with E-state index in [1.54, 1.807) is 0 Å². The van der Waals surface area contributed by atoms with Crippen LogP contribution in [-0.2, 0) is 4.74 Å². The highest BCUT2D eigenvalue weighted by Gasteiger charge is 2.40. The molecule has 106 valence electrons. The summed E-state index contributed by atoms with van der Waals surface area (Å²) in [5.74, 6) is 2.95. The molecule has 0 radical (unpaired) electrons. The molecular weight excluding hydrogens is 244 g/mol. The fraction of sp³-hybridized carbons (Fsp3) is 1.00. The molecular formula is C15H28O2S. The van der Waals surface area contributed by atoms with Gasteiger partial charge in [0.05, 0.1) is 11.7 Å². The number of hydrogen-bond acceptors (Lipinski definition) is 3. The standard InChI is InChI=1S/C15H28O2S/c1-2-3-4-5-14(16)13-6-9-17-15(12-13)7-10-18-11-8-15/h13-14,16H,2-12H2,1H3. The van der Waals surface area contributed by atoms with Gasteiger partial charge in [0.1, 0.15) is 0 Å². The summed E-state index contributed by atoms with van der Waals surface area (Å²) >= 11 is 2.05. The zero-order chi connectivity index (χ0) is 12.8. The molecule has 2 unspecified atom stereocenters. The van der Waals surface area contributed by atoms with E-state index in [9.17, 15) is 5.11 Å². The first kappa shape index (κ1) is 14.7. The molecule has 0 bridgehead atoms. The number of hydrogen-bond donors (Lipinski definition) is 1. The van der Waals surface area contributed by atoms with Crippen molar-refractivity contribution in [2.45, 2.75) is 70.0 Å². The molecule has 0 aliphatic carbocycles. The highest BCUT2D eigenvalue weighted by Crippen LogP contribution is 2.41. The van der Waals surface area contributed by atoms with E-state index >= 15 is 0 Å². The fourth-order valence-electron chi connectivity index (χ4n) is 3.33. The van der Waals surface area contributed by atoms with Crippen LogP contribution in [0.4, 0.5) is 0 Å². The summed E-state index contributed by atoms with van der Waals surface area (Å²) < 4.78 is 6.09. The molecule has 18 heavy (non-hydrogen) atoms. The number of rotatable bonds is 5. The SMILES string of the molecule is CCCCCC(O)C1CCOC2(CCSCC2)C1. The summed E-state index contributed by atoms with van der Waals surface area (Å²) in [5, 5.41) is 10.4. The molecule has 0 amide bonds. The number of unbranched alkanes of at least 4 members (excludes halogenated alkanes) is 2. The molecule has 2 aliphatic heterocycles. The summed E-state index contributed by atoms with van der Waals surface area (Å²) in [6, 6.07) is 0. The third-order valence-electron chi connectivity index (χ3n) is 4.58. The average molecular weight is 272 g/mol. The lowest BCUT2D eigenvalue weighted by Gasteiger charge is -2.44. The third kappa shape index (κ3) is 3.88. The van der Waals surface area contributed by atoms with Crippen molar-refractivity contribution in [2.75, 3.05) is 18.1 Å². The van der Waals surface area contributed by atoms with E-state index in [1.807, 2.05) is 11.8 Å². The van der Waals surface area contributed by atoms with Gasteiger partial charge in [-0.25, -0.2) is 0 Å². The quantitative estimate of drug-likeness (QED) is 0.775. The van der Waals surface area contributed by atoms with Crippen LogP contribution >= 0.6 is 11.8 Å². The lowest BCUT2D eigenvalue weighted by atomic mass is 9.78. The maximum atomic E-state index is 10.4. The first-order valence-electron chi connectivity index (χ1n) is 7.65. The van der Waals surface area contributed by atoms with Gasteiger partial charge in [-0.3, -0.25) is 0 Å². The predicted octanol–water partition coefficient (Wildman–Crippen LogP) is 3.62. The monoisotopic (exact) mass is 272 g/mol. The second-order valence-electron chi connectivity index (χ2n) is 5.96. The van der Waals surface area contributed by atoms with Crippen molar-refractivity contribution in [3.8, 4) is 0 Å². The number of thioether (sulfide) groups is 1. The van der Waals surface area contributed by atoms with Crippen LogP contribution in [0.1, 0.15) is 58.3 Å². The molecule has 3 heteroatoms. The normalized spacial score (nSPS) is 29.3. The van der Waals surface area contributed by atoms with Crippen LogP contribution < -0.4 is 0 Å². The zero-order valence-corrected chi connectivity index (χ0v) is 12.5. The van der Waals surface area contributed by atoms with Crippen LogP contribution in [0.3, 0.4) is 0 Å². The Morgan fingerprint density at radius 3 is 2.83 bits per heavy atom. The molecule has 2 fully saturated rings. The van der Waals surface area contributed by atoms with Crippen molar-refractivity contribution in [1.29, 1.82) is 0 Å². The maximum Gasteiger partial charge on any atom is 0.0701 e. The van der Waals surface area contributed by atoms with Crippen molar-refractivity contribution in [3.63, 3.8) is 0 Å². The minimum Gasteiger partial charge on any atom is -0.393 e. The van der Waals surface area contributed by atoms with Crippen molar-refractivity contribution in [3.05, 3.63) is 0 Å². The first-order valence-corrected chi connectivity index (χ1v) is 8.81. The van der Waals surface area contributed by atoms with Crippen LogP contribution in [0.15, 0.2) is 0 Å². The molecule has 0 aromatic heterocycles. The van der Waals surface area contributed by atoms with E-state index in [0.717, 1.165) is 25.9 Å². The minimum absolute atomic E-state index is 0.0908. The largest absolute Gasteiger partial charge is 0.393 e. The lowest BCUT2D eigenvalue weighted by Crippen LogP contribution is -2.45. The molecule has 1 spiro atoms. The summed E-state index contributed by atoms with van der Waals surface area (Å²) in [4.78, 5) is 0. The summed E-state index contributed by atoms with van der Waals surface area (Å²) in [6.07, 6.45) is 9.10. The van der Waals surface area contributed by atoms with E-state index in [4.69, 9.17) is 4.74 Å². The lowest BCUT2D eigenvalue weighted by molar-refractivity contribution is -0.121. The van der Waals surface area contributed by atoms with Crippen LogP contribution in [0.25, 0.3) is 0 Å². The van der Waals surface area contributed by atoms with Gasteiger partial charge in [0.2, 0.25) is 0 Å². The Morgan fingerprint density at radius 1 is 1.33 bits per heavy atom. The highest BCUT2D eigenvalue weighted by atomic mass is 32.2. The van der Waals surface area contributed by atoms with Crippen molar-refractivity contribution >= 4 is 11.8 Å². The van der Waals surface area contributed by atoms with Crippen molar-refractivity contribution in [1.82, 2.24) is 0 Å². The molecule has 0 saturated carbocycles. The molecule has 1 N–H and O–H groups in total. The Kier molecular flexibility index (Phi) is 5.84. The smallest absolute Gasteiger partial charge is 0.0701 e. The molecule has 2 rings (SSSR count). The van der Waals surface area contributed by atoms with Gasteiger partial charge in [-0.2, -0.15) is 11.8 Å². The van der Waals surface area contributed by atoms with Gasteiger partial charge >= 0.3 is 0 Å². The molecule has 2 nitrogen and oxygen atoms in total. The predicted molar refractivity (Wildman–Crippen MR) is 78.1 cm³/mol. The van der Waals surface area contributed by atoms with Gasteiger partial charge < -0.3 is 9.84 Å². The Bertz CT molecular complexity index is 233. The summed E-state index contributed by atoms with van der Waals surface area (Å²) in [5.41, 5.74) is 0.125. The number of ether oxygens (including phenoxy) is 1. The Morgan fingerprint density at radius 2 is 2.11 bits per heavy atom. The van der Waals surface area contributed by atoms with E-state index in [-0.39, 0.29) is 11.7 Å². The van der Waals surface area contributed by atoms with Crippen molar-refractivity contribution in [2.24, 2.45) is 5.92 Å². The first-order chi connectivity index (χ1) is 8.76. The molecule has 2 atom stereocenters. The van der Waals surface area contributed by atoms with E-state index in [0.29, 0.717) is 5.92 Å².